The van der Waals surface area contributed by atoms with Crippen LogP contribution in [-0.4, -0.2) is 203 Å². The van der Waals surface area contributed by atoms with Crippen LogP contribution in [0.15, 0.2) is 36.4 Å². The summed E-state index contributed by atoms with van der Waals surface area (Å²) in [5.74, 6) is 2.08. The van der Waals surface area contributed by atoms with Gasteiger partial charge in [0.25, 0.3) is 11.8 Å². The van der Waals surface area contributed by atoms with E-state index in [1.54, 1.807) is 81.6 Å². The van der Waals surface area contributed by atoms with E-state index in [2.05, 4.69) is 19.2 Å². The van der Waals surface area contributed by atoms with E-state index < -0.39 is 11.7 Å². The third kappa shape index (κ3) is 21.0. The average Bonchev–Trinajstić information content (AvgIpc) is 4.53. The van der Waals surface area contributed by atoms with Gasteiger partial charge in [0, 0.05) is 120 Å². The average molecular weight is 1180 g/mol. The van der Waals surface area contributed by atoms with E-state index in [-0.39, 0.29) is 72.7 Å². The van der Waals surface area contributed by atoms with Crippen molar-refractivity contribution in [3.05, 3.63) is 47.5 Å². The molecule has 82 heavy (non-hydrogen) atoms. The van der Waals surface area contributed by atoms with Crippen molar-refractivity contribution >= 4 is 42.5 Å². The lowest BCUT2D eigenvalue weighted by atomic mass is 9.93. The Morgan fingerprint density at radius 2 is 1.05 bits per heavy atom. The Labute approximate surface area is 495 Å². The van der Waals surface area contributed by atoms with Gasteiger partial charge in [-0.1, -0.05) is 0 Å². The lowest BCUT2D eigenvalue weighted by Crippen LogP contribution is -2.58. The zero-order valence-corrected chi connectivity index (χ0v) is 52.3. The van der Waals surface area contributed by atoms with Gasteiger partial charge in [0.05, 0.1) is 46.7 Å². The van der Waals surface area contributed by atoms with Gasteiger partial charge in [0.15, 0.2) is 23.0 Å². The first-order chi connectivity index (χ1) is 38.8. The zero-order chi connectivity index (χ0) is 59.2. The van der Waals surface area contributed by atoms with Crippen LogP contribution in [0.4, 0.5) is 14.4 Å². The number of carbonyl (C=O) groups is 5. The number of hydrogen-bond acceptors (Lipinski definition) is 15. The fourth-order valence-electron chi connectivity index (χ4n) is 10.6. The van der Waals surface area contributed by atoms with Crippen LogP contribution in [-0.2, 0) is 23.7 Å². The van der Waals surface area contributed by atoms with E-state index in [4.69, 9.17) is 42.6 Å². The van der Waals surface area contributed by atoms with Crippen molar-refractivity contribution in [2.75, 3.05) is 94.3 Å². The van der Waals surface area contributed by atoms with Crippen LogP contribution in [0, 0.1) is 0 Å². The molecule has 0 radical (unpaired) electrons. The van der Waals surface area contributed by atoms with Crippen molar-refractivity contribution in [3.63, 3.8) is 0 Å². The highest BCUT2D eigenvalue weighted by molar-refractivity contribution is 5.96. The fraction of sp³-hybridized carbons (Fsp3) is 0.721. The first-order valence-corrected chi connectivity index (χ1v) is 29.6. The number of methoxy groups -OCH3 is 4. The lowest BCUT2D eigenvalue weighted by molar-refractivity contribution is -0.00920. The summed E-state index contributed by atoms with van der Waals surface area (Å²) in [6, 6.07) is 11.1. The standard InChI is InChI=1S/C33H53N3O8.C28H45N3O6.ClH/c1-9-42-31(38)34(25-12-13-25)18-17-26-14-15-27(22-35(26)32(39)44-33(4,5)6)36(23(2)3)30(37)24-11-16-28(41-8)29(21-24)43-20-10-19-40-7;1-6-36-28(33)30(23-11-12-23)15-14-22-9-10-24(19-29-22)31(20(2)3)27(32)21-8-13-25(35-5)26(18-21)37-17-7-16-34-4;/h11,16,21,23,25-27H,9-10,12-15,17-20,22H2,1-8H3;8,13,18,20,22-24,29H,6-7,9-12,14-17,19H2,1-5H3;1H/t26-,27-;22-,24-;/m11./s1. The molecule has 2 saturated heterocycles. The quantitative estimate of drug-likeness (QED) is 0.0624. The van der Waals surface area contributed by atoms with Crippen molar-refractivity contribution < 1.29 is 66.6 Å². The van der Waals surface area contributed by atoms with Crippen molar-refractivity contribution in [1.82, 2.24) is 29.8 Å². The molecule has 0 aromatic heterocycles. The Balaban J connectivity index is 0.000000353. The van der Waals surface area contributed by atoms with E-state index in [0.717, 1.165) is 57.9 Å². The Bertz CT molecular complexity index is 2290. The molecule has 2 aliphatic heterocycles. The van der Waals surface area contributed by atoms with Crippen molar-refractivity contribution in [1.29, 1.82) is 0 Å². The van der Waals surface area contributed by atoms with Crippen molar-refractivity contribution in [2.45, 2.75) is 193 Å². The monoisotopic (exact) mass is 1170 g/mol. The molecule has 2 aromatic rings. The normalized spacial score (nSPS) is 18.7. The molecule has 2 aliphatic carbocycles. The zero-order valence-electron chi connectivity index (χ0n) is 51.5. The lowest BCUT2D eigenvalue weighted by Gasteiger charge is -2.45. The number of halogens is 1. The van der Waals surface area contributed by atoms with Gasteiger partial charge < -0.3 is 72.4 Å². The maximum Gasteiger partial charge on any atom is 0.410 e. The summed E-state index contributed by atoms with van der Waals surface area (Å²) in [6.07, 6.45) is 9.39. The second-order valence-electron chi connectivity index (χ2n) is 22.9. The van der Waals surface area contributed by atoms with Crippen molar-refractivity contribution in [3.8, 4) is 23.0 Å². The molecule has 0 spiro atoms. The summed E-state index contributed by atoms with van der Waals surface area (Å²) in [4.78, 5) is 75.4. The van der Waals surface area contributed by atoms with Gasteiger partial charge in [0.2, 0.25) is 0 Å². The molecule has 6 rings (SSSR count). The van der Waals surface area contributed by atoms with Crippen molar-refractivity contribution in [2.24, 2.45) is 0 Å². The summed E-state index contributed by atoms with van der Waals surface area (Å²) in [5.41, 5.74) is 0.408. The molecule has 2 aromatic carbocycles. The number of carbonyl (C=O) groups excluding carboxylic acids is 5. The maximum absolute atomic E-state index is 14.1. The predicted octanol–water partition coefficient (Wildman–Crippen LogP) is 10.3. The minimum Gasteiger partial charge on any atom is -0.493 e. The van der Waals surface area contributed by atoms with Gasteiger partial charge in [-0.15, -0.1) is 12.4 Å². The number of piperidine rings is 2. The second kappa shape index (κ2) is 34.4. The molecule has 0 bridgehead atoms. The van der Waals surface area contributed by atoms with Crippen LogP contribution in [0.1, 0.15) is 160 Å². The molecule has 21 heteroatoms. The third-order valence-corrected chi connectivity index (χ3v) is 14.9. The maximum atomic E-state index is 14.1. The van der Waals surface area contributed by atoms with Crippen LogP contribution >= 0.6 is 12.4 Å². The van der Waals surface area contributed by atoms with Crippen LogP contribution in [0.2, 0.25) is 0 Å². The molecule has 4 atom stereocenters. The highest BCUT2D eigenvalue weighted by Crippen LogP contribution is 2.35. The smallest absolute Gasteiger partial charge is 0.410 e. The molecule has 4 aliphatic rings. The van der Waals surface area contributed by atoms with Crippen LogP contribution < -0.4 is 24.3 Å². The highest BCUT2D eigenvalue weighted by Gasteiger charge is 2.41. The minimum atomic E-state index is -0.671. The first-order valence-electron chi connectivity index (χ1n) is 29.6. The van der Waals surface area contributed by atoms with Gasteiger partial charge in [-0.3, -0.25) is 9.59 Å². The van der Waals surface area contributed by atoms with Gasteiger partial charge >= 0.3 is 18.3 Å². The number of rotatable bonds is 28. The van der Waals surface area contributed by atoms with Gasteiger partial charge in [-0.05, 0) is 163 Å². The number of hydrogen-bond donors (Lipinski definition) is 1. The second-order valence-corrected chi connectivity index (χ2v) is 22.9. The van der Waals surface area contributed by atoms with E-state index in [1.807, 2.05) is 56.2 Å². The Morgan fingerprint density at radius 1 is 0.598 bits per heavy atom. The van der Waals surface area contributed by atoms with Crippen LogP contribution in [0.3, 0.4) is 0 Å². The third-order valence-electron chi connectivity index (χ3n) is 14.9. The van der Waals surface area contributed by atoms with E-state index >= 15 is 0 Å². The summed E-state index contributed by atoms with van der Waals surface area (Å²) >= 11 is 0. The Hall–Kier alpha value is -5.44. The highest BCUT2D eigenvalue weighted by atomic mass is 35.5. The Morgan fingerprint density at radius 3 is 1.45 bits per heavy atom. The minimum absolute atomic E-state index is 0. The van der Waals surface area contributed by atoms with Gasteiger partial charge in [-0.25, -0.2) is 14.4 Å². The number of likely N-dealkylation sites (tertiary alicyclic amines) is 1. The van der Waals surface area contributed by atoms with Crippen LogP contribution in [0.25, 0.3) is 0 Å². The summed E-state index contributed by atoms with van der Waals surface area (Å²) in [5, 5.41) is 3.64. The first kappa shape index (κ1) is 69.1. The number of amides is 5. The molecule has 5 amide bonds. The van der Waals surface area contributed by atoms with E-state index in [1.165, 1.54) is 0 Å². The summed E-state index contributed by atoms with van der Waals surface area (Å²) in [7, 11) is 6.47. The summed E-state index contributed by atoms with van der Waals surface area (Å²) in [6.45, 7) is 22.4. The molecule has 0 unspecified atom stereocenters. The van der Waals surface area contributed by atoms with Gasteiger partial charge in [-0.2, -0.15) is 0 Å². The van der Waals surface area contributed by atoms with Crippen LogP contribution in [0.5, 0.6) is 23.0 Å². The topological polar surface area (TPSA) is 197 Å². The summed E-state index contributed by atoms with van der Waals surface area (Å²) < 4.78 is 49.3. The Kier molecular flexibility index (Phi) is 28.9. The molecule has 1 N–H and O–H groups in total. The van der Waals surface area contributed by atoms with Gasteiger partial charge in [0.1, 0.15) is 5.60 Å². The predicted molar refractivity (Wildman–Crippen MR) is 317 cm³/mol. The molecule has 4 fully saturated rings. The number of nitrogens with zero attached hydrogens (tertiary/aromatic N) is 5. The number of ether oxygens (including phenoxy) is 9. The number of benzene rings is 2. The molecule has 2 heterocycles. The van der Waals surface area contributed by atoms with E-state index in [9.17, 15) is 24.0 Å². The molecular weight excluding hydrogens is 1080 g/mol. The fourth-order valence-corrected chi connectivity index (χ4v) is 10.6. The SMILES string of the molecule is CCOC(=O)N(CC[C@H]1CC[C@@H](N(C(=O)c2ccc(OC)c(OCCCOC)c2)C(C)C)CN1)C1CC1.CCOC(=O)N(CC[C@H]1CC[C@@H](N(C(=O)c2ccc(OC)c(OCCCOC)c2)C(C)C)CN1C(=O)OC(C)(C)C)C1CC1.Cl. The molecule has 464 valence electrons. The number of nitrogens with one attached hydrogen (secondary N) is 1. The molecule has 20 nitrogen and oxygen atoms in total. The van der Waals surface area contributed by atoms with E-state index in [0.29, 0.717) is 131 Å². The largest absolute Gasteiger partial charge is 0.493 e. The molecule has 2 saturated carbocycles. The molecular formula is C61H99ClN6O14.